The number of rotatable bonds is 4. The zero-order chi connectivity index (χ0) is 19.4. The summed E-state index contributed by atoms with van der Waals surface area (Å²) in [5.41, 5.74) is 0.565. The number of hydrogen-bond acceptors (Lipinski definition) is 3. The lowest BCUT2D eigenvalue weighted by atomic mass is 10.2. The van der Waals surface area contributed by atoms with Crippen LogP contribution in [0.1, 0.15) is 5.56 Å². The molecule has 0 saturated carbocycles. The van der Waals surface area contributed by atoms with Crippen LogP contribution in [0.4, 0.5) is 8.78 Å². The van der Waals surface area contributed by atoms with Crippen molar-refractivity contribution in [2.24, 2.45) is 0 Å². The molecule has 0 radical (unpaired) electrons. The van der Waals surface area contributed by atoms with Gasteiger partial charge in [0.25, 0.3) is 0 Å². The molecule has 0 bridgehead atoms. The van der Waals surface area contributed by atoms with E-state index in [9.17, 15) is 22.0 Å². The third-order valence-electron chi connectivity index (χ3n) is 4.25. The third-order valence-corrected chi connectivity index (χ3v) is 6.15. The van der Waals surface area contributed by atoms with Gasteiger partial charge in [-0.15, -0.1) is 0 Å². The SMILES string of the molecule is O=C(C=Cc1cccc(F)c1)N1CCN(S(=O)(=O)c2cccc(F)c2)CC1. The molecule has 1 amide bonds. The fourth-order valence-corrected chi connectivity index (χ4v) is 4.26. The second kappa shape index (κ2) is 7.98. The molecule has 5 nitrogen and oxygen atoms in total. The van der Waals surface area contributed by atoms with E-state index in [1.54, 1.807) is 12.1 Å². The predicted molar refractivity (Wildman–Crippen MR) is 97.2 cm³/mol. The number of hydrogen-bond donors (Lipinski definition) is 0. The molecule has 1 aliphatic rings. The normalized spacial score (nSPS) is 16.0. The van der Waals surface area contributed by atoms with Gasteiger partial charge in [-0.1, -0.05) is 18.2 Å². The van der Waals surface area contributed by atoms with Gasteiger partial charge in [0.2, 0.25) is 15.9 Å². The second-order valence-electron chi connectivity index (χ2n) is 6.08. The molecular weight excluding hydrogens is 374 g/mol. The van der Waals surface area contributed by atoms with Crippen molar-refractivity contribution in [3.63, 3.8) is 0 Å². The lowest BCUT2D eigenvalue weighted by Gasteiger charge is -2.33. The summed E-state index contributed by atoms with van der Waals surface area (Å²) in [6.45, 7) is 0.693. The van der Waals surface area contributed by atoms with Crippen LogP contribution >= 0.6 is 0 Å². The summed E-state index contributed by atoms with van der Waals surface area (Å²) < 4.78 is 52.8. The first-order valence-electron chi connectivity index (χ1n) is 8.34. The maximum Gasteiger partial charge on any atom is 0.246 e. The summed E-state index contributed by atoms with van der Waals surface area (Å²) in [5.74, 6) is -1.28. The molecule has 0 unspecified atom stereocenters. The number of amides is 1. The van der Waals surface area contributed by atoms with Crippen molar-refractivity contribution in [2.45, 2.75) is 4.90 Å². The van der Waals surface area contributed by atoms with Crippen LogP contribution < -0.4 is 0 Å². The average Bonchev–Trinajstić information content (AvgIpc) is 2.66. The number of benzene rings is 2. The first-order valence-corrected chi connectivity index (χ1v) is 9.78. The number of sulfonamides is 1. The van der Waals surface area contributed by atoms with Gasteiger partial charge >= 0.3 is 0 Å². The molecule has 1 heterocycles. The van der Waals surface area contributed by atoms with E-state index in [-0.39, 0.29) is 42.8 Å². The fourth-order valence-electron chi connectivity index (χ4n) is 2.81. The molecule has 0 atom stereocenters. The molecule has 0 aliphatic carbocycles. The van der Waals surface area contributed by atoms with E-state index in [4.69, 9.17) is 0 Å². The third kappa shape index (κ3) is 4.58. The fraction of sp³-hybridized carbons (Fsp3) is 0.211. The molecule has 1 aliphatic heterocycles. The molecule has 27 heavy (non-hydrogen) atoms. The van der Waals surface area contributed by atoms with Gasteiger partial charge in [-0.3, -0.25) is 4.79 Å². The maximum atomic E-state index is 13.3. The Labute approximate surface area is 156 Å². The summed E-state index contributed by atoms with van der Waals surface area (Å²) in [4.78, 5) is 13.7. The van der Waals surface area contributed by atoms with Crippen molar-refractivity contribution in [2.75, 3.05) is 26.2 Å². The van der Waals surface area contributed by atoms with Crippen molar-refractivity contribution in [3.8, 4) is 0 Å². The number of nitrogens with zero attached hydrogens (tertiary/aromatic N) is 2. The minimum Gasteiger partial charge on any atom is -0.337 e. The van der Waals surface area contributed by atoms with E-state index >= 15 is 0 Å². The van der Waals surface area contributed by atoms with Crippen LogP contribution in [0.15, 0.2) is 59.5 Å². The number of piperazine rings is 1. The highest BCUT2D eigenvalue weighted by atomic mass is 32.2. The Morgan fingerprint density at radius 2 is 1.56 bits per heavy atom. The molecule has 0 spiro atoms. The highest BCUT2D eigenvalue weighted by Crippen LogP contribution is 2.18. The average molecular weight is 392 g/mol. The predicted octanol–water partition coefficient (Wildman–Crippen LogP) is 2.51. The van der Waals surface area contributed by atoms with E-state index in [0.29, 0.717) is 5.56 Å². The van der Waals surface area contributed by atoms with Crippen molar-refractivity contribution in [1.82, 2.24) is 9.21 Å². The zero-order valence-corrected chi connectivity index (χ0v) is 15.2. The number of carbonyl (C=O) groups excluding carboxylic acids is 1. The number of carbonyl (C=O) groups is 1. The second-order valence-corrected chi connectivity index (χ2v) is 8.01. The quantitative estimate of drug-likeness (QED) is 0.752. The molecule has 1 fully saturated rings. The van der Waals surface area contributed by atoms with Crippen molar-refractivity contribution in [1.29, 1.82) is 0 Å². The standard InChI is InChI=1S/C19H18F2N2O3S/c20-16-4-1-3-15(13-16)7-8-19(24)22-9-11-23(12-10-22)27(25,26)18-6-2-5-17(21)14-18/h1-8,13-14H,9-12H2. The molecule has 1 saturated heterocycles. The van der Waals surface area contributed by atoms with Gasteiger partial charge in [0.1, 0.15) is 11.6 Å². The molecule has 142 valence electrons. The van der Waals surface area contributed by atoms with Gasteiger partial charge in [-0.25, -0.2) is 17.2 Å². The van der Waals surface area contributed by atoms with Gasteiger partial charge in [0.15, 0.2) is 0 Å². The summed E-state index contributed by atoms with van der Waals surface area (Å²) in [6.07, 6.45) is 2.85. The molecule has 0 aromatic heterocycles. The Kier molecular flexibility index (Phi) is 5.67. The molecule has 2 aromatic carbocycles. The van der Waals surface area contributed by atoms with Crippen LogP contribution in [-0.2, 0) is 14.8 Å². The van der Waals surface area contributed by atoms with Crippen molar-refractivity contribution in [3.05, 3.63) is 71.8 Å². The summed E-state index contributed by atoms with van der Waals surface area (Å²) in [7, 11) is -3.80. The molecule has 8 heteroatoms. The summed E-state index contributed by atoms with van der Waals surface area (Å²) >= 11 is 0. The van der Waals surface area contributed by atoms with Crippen LogP contribution in [-0.4, -0.2) is 49.7 Å². The Morgan fingerprint density at radius 1 is 0.926 bits per heavy atom. The lowest BCUT2D eigenvalue weighted by Crippen LogP contribution is -2.50. The van der Waals surface area contributed by atoms with E-state index in [1.807, 2.05) is 0 Å². The molecule has 0 N–H and O–H groups in total. The minimum atomic E-state index is -3.80. The highest BCUT2D eigenvalue weighted by molar-refractivity contribution is 7.89. The van der Waals surface area contributed by atoms with E-state index in [2.05, 4.69) is 0 Å². The maximum absolute atomic E-state index is 13.3. The van der Waals surface area contributed by atoms with Crippen molar-refractivity contribution < 1.29 is 22.0 Å². The Hall–Kier alpha value is -2.58. The smallest absolute Gasteiger partial charge is 0.246 e. The van der Waals surface area contributed by atoms with Gasteiger partial charge in [0.05, 0.1) is 4.90 Å². The number of halogens is 2. The largest absolute Gasteiger partial charge is 0.337 e. The Balaban J connectivity index is 1.62. The van der Waals surface area contributed by atoms with Gasteiger partial charge in [0, 0.05) is 32.3 Å². The van der Waals surface area contributed by atoms with Crippen LogP contribution in [0.25, 0.3) is 6.08 Å². The van der Waals surface area contributed by atoms with Crippen LogP contribution in [0, 0.1) is 11.6 Å². The van der Waals surface area contributed by atoms with Gasteiger partial charge in [-0.05, 0) is 42.0 Å². The monoisotopic (exact) mass is 392 g/mol. The van der Waals surface area contributed by atoms with E-state index in [0.717, 1.165) is 6.07 Å². The topological polar surface area (TPSA) is 57.7 Å². The summed E-state index contributed by atoms with van der Waals surface area (Å²) in [6, 6.07) is 10.7. The minimum absolute atomic E-state index is 0.103. The molecular formula is C19H18F2N2O3S. The van der Waals surface area contributed by atoms with Gasteiger partial charge < -0.3 is 4.90 Å². The van der Waals surface area contributed by atoms with Crippen LogP contribution in [0.3, 0.4) is 0 Å². The Morgan fingerprint density at radius 3 is 2.19 bits per heavy atom. The molecule has 2 aromatic rings. The zero-order valence-electron chi connectivity index (χ0n) is 14.4. The summed E-state index contributed by atoms with van der Waals surface area (Å²) in [5, 5.41) is 0. The first kappa shape index (κ1) is 19.2. The Bertz CT molecular complexity index is 968. The van der Waals surface area contributed by atoms with Crippen LogP contribution in [0.2, 0.25) is 0 Å². The van der Waals surface area contributed by atoms with E-state index < -0.39 is 15.8 Å². The highest BCUT2D eigenvalue weighted by Gasteiger charge is 2.29. The van der Waals surface area contributed by atoms with Crippen LogP contribution in [0.5, 0.6) is 0 Å². The van der Waals surface area contributed by atoms with Crippen molar-refractivity contribution >= 4 is 22.0 Å². The first-order chi connectivity index (χ1) is 12.9. The van der Waals surface area contributed by atoms with Gasteiger partial charge in [-0.2, -0.15) is 4.31 Å². The van der Waals surface area contributed by atoms with E-state index in [1.165, 1.54) is 51.7 Å². The molecule has 3 rings (SSSR count). The lowest BCUT2D eigenvalue weighted by molar-refractivity contribution is -0.127.